The fraction of sp³-hybridized carbons (Fsp3) is 0.273. The van der Waals surface area contributed by atoms with Crippen LogP contribution in [0.25, 0.3) is 5.69 Å². The van der Waals surface area contributed by atoms with E-state index in [4.69, 9.17) is 0 Å². The number of aryl methyl sites for hydroxylation is 1. The molecule has 3 aromatic rings. The van der Waals surface area contributed by atoms with Gasteiger partial charge in [-0.1, -0.05) is 48.5 Å². The van der Waals surface area contributed by atoms with Gasteiger partial charge in [-0.15, -0.1) is 0 Å². The van der Waals surface area contributed by atoms with Crippen molar-refractivity contribution in [3.63, 3.8) is 0 Å². The maximum absolute atomic E-state index is 12.5. The summed E-state index contributed by atoms with van der Waals surface area (Å²) in [6, 6.07) is 20.4. The quantitative estimate of drug-likeness (QED) is 0.762. The van der Waals surface area contributed by atoms with Gasteiger partial charge < -0.3 is 5.32 Å². The van der Waals surface area contributed by atoms with E-state index in [0.29, 0.717) is 12.5 Å². The second-order valence-corrected chi connectivity index (χ2v) is 6.97. The van der Waals surface area contributed by atoms with Gasteiger partial charge in [-0.05, 0) is 43.9 Å². The summed E-state index contributed by atoms with van der Waals surface area (Å²) < 4.78 is 1.95. The third-order valence-corrected chi connectivity index (χ3v) is 5.24. The second-order valence-electron chi connectivity index (χ2n) is 6.97. The Bertz CT molecular complexity index is 915. The van der Waals surface area contributed by atoms with Gasteiger partial charge in [0.25, 0.3) is 0 Å². The molecule has 1 heterocycles. The summed E-state index contributed by atoms with van der Waals surface area (Å²) >= 11 is 0. The molecule has 1 aliphatic rings. The van der Waals surface area contributed by atoms with Crippen LogP contribution >= 0.6 is 0 Å². The predicted molar refractivity (Wildman–Crippen MR) is 102 cm³/mol. The van der Waals surface area contributed by atoms with E-state index in [9.17, 15) is 4.79 Å². The number of hydrogen-bond donors (Lipinski definition) is 1. The van der Waals surface area contributed by atoms with E-state index < -0.39 is 0 Å². The molecule has 2 aromatic carbocycles. The number of hydrogen-bond acceptors (Lipinski definition) is 2. The monoisotopic (exact) mass is 345 g/mol. The first kappa shape index (κ1) is 16.6. The minimum absolute atomic E-state index is 0.0992. The van der Waals surface area contributed by atoms with Gasteiger partial charge in [0, 0.05) is 23.7 Å². The topological polar surface area (TPSA) is 46.9 Å². The fourth-order valence-corrected chi connectivity index (χ4v) is 3.61. The van der Waals surface area contributed by atoms with Crippen molar-refractivity contribution >= 4 is 5.91 Å². The van der Waals surface area contributed by atoms with Gasteiger partial charge in [-0.2, -0.15) is 5.10 Å². The van der Waals surface area contributed by atoms with E-state index >= 15 is 0 Å². The Morgan fingerprint density at radius 3 is 2.42 bits per heavy atom. The first-order chi connectivity index (χ1) is 12.6. The molecule has 4 nitrogen and oxygen atoms in total. The fourth-order valence-electron chi connectivity index (χ4n) is 3.61. The molecule has 4 heteroatoms. The molecule has 2 unspecified atom stereocenters. The number of aromatic nitrogens is 2. The maximum atomic E-state index is 12.5. The van der Waals surface area contributed by atoms with Gasteiger partial charge in [0.05, 0.1) is 11.4 Å². The predicted octanol–water partition coefficient (Wildman–Crippen LogP) is 3.91. The molecule has 1 saturated carbocycles. The van der Waals surface area contributed by atoms with Crippen LogP contribution in [0.15, 0.2) is 60.7 Å². The molecule has 1 fully saturated rings. The lowest BCUT2D eigenvalue weighted by molar-refractivity contribution is -0.122. The van der Waals surface area contributed by atoms with Crippen molar-refractivity contribution in [2.45, 2.75) is 32.7 Å². The third-order valence-electron chi connectivity index (χ3n) is 5.24. The normalized spacial score (nSPS) is 18.5. The zero-order chi connectivity index (χ0) is 18.1. The van der Waals surface area contributed by atoms with Crippen LogP contribution in [0.3, 0.4) is 0 Å². The summed E-state index contributed by atoms with van der Waals surface area (Å²) in [4.78, 5) is 12.5. The largest absolute Gasteiger partial charge is 0.352 e. The van der Waals surface area contributed by atoms with Gasteiger partial charge in [0.15, 0.2) is 0 Å². The number of carbonyl (C=O) groups is 1. The van der Waals surface area contributed by atoms with Crippen LogP contribution in [0.4, 0.5) is 0 Å². The van der Waals surface area contributed by atoms with Gasteiger partial charge in [-0.25, -0.2) is 4.68 Å². The van der Waals surface area contributed by atoms with Crippen LogP contribution in [0.2, 0.25) is 0 Å². The molecule has 1 N–H and O–H groups in total. The average molecular weight is 345 g/mol. The van der Waals surface area contributed by atoms with Crippen LogP contribution in [0.5, 0.6) is 0 Å². The van der Waals surface area contributed by atoms with Gasteiger partial charge in [0.1, 0.15) is 0 Å². The molecule has 0 bridgehead atoms. The molecule has 0 aliphatic heterocycles. The van der Waals surface area contributed by atoms with Crippen LogP contribution in [-0.4, -0.2) is 15.7 Å². The second kappa shape index (κ2) is 6.79. The highest BCUT2D eigenvalue weighted by molar-refractivity contribution is 5.82. The molecule has 1 amide bonds. The summed E-state index contributed by atoms with van der Waals surface area (Å²) in [5, 5.41) is 7.76. The Kier molecular flexibility index (Phi) is 4.33. The Morgan fingerprint density at radius 2 is 1.73 bits per heavy atom. The number of amides is 1. The molecule has 1 aromatic heterocycles. The highest BCUT2D eigenvalue weighted by Crippen LogP contribution is 2.47. The molecule has 0 spiro atoms. The third kappa shape index (κ3) is 3.15. The van der Waals surface area contributed by atoms with Crippen molar-refractivity contribution in [2.24, 2.45) is 5.92 Å². The highest BCUT2D eigenvalue weighted by Gasteiger charge is 2.43. The Hall–Kier alpha value is -2.88. The lowest BCUT2D eigenvalue weighted by Gasteiger charge is -2.07. The number of carbonyl (C=O) groups excluding carboxylic acids is 1. The van der Waals surface area contributed by atoms with Gasteiger partial charge in [0.2, 0.25) is 5.91 Å². The van der Waals surface area contributed by atoms with Crippen molar-refractivity contribution in [1.29, 1.82) is 0 Å². The molecule has 26 heavy (non-hydrogen) atoms. The van der Waals surface area contributed by atoms with E-state index in [1.54, 1.807) is 0 Å². The van der Waals surface area contributed by atoms with Crippen molar-refractivity contribution < 1.29 is 4.79 Å². The Labute approximate surface area is 153 Å². The van der Waals surface area contributed by atoms with E-state index in [1.165, 1.54) is 5.56 Å². The van der Waals surface area contributed by atoms with E-state index in [-0.39, 0.29) is 11.8 Å². The van der Waals surface area contributed by atoms with E-state index in [0.717, 1.165) is 29.1 Å². The summed E-state index contributed by atoms with van der Waals surface area (Å²) in [7, 11) is 0. The van der Waals surface area contributed by atoms with Gasteiger partial charge >= 0.3 is 0 Å². The van der Waals surface area contributed by atoms with Crippen LogP contribution in [-0.2, 0) is 11.3 Å². The number of benzene rings is 2. The first-order valence-corrected chi connectivity index (χ1v) is 9.08. The van der Waals surface area contributed by atoms with Crippen molar-refractivity contribution in [2.75, 3.05) is 0 Å². The summed E-state index contributed by atoms with van der Waals surface area (Å²) in [5.41, 5.74) is 5.43. The summed E-state index contributed by atoms with van der Waals surface area (Å²) in [6.07, 6.45) is 0.942. The zero-order valence-corrected chi connectivity index (χ0v) is 15.1. The smallest absolute Gasteiger partial charge is 0.224 e. The molecule has 132 valence electrons. The number of para-hydroxylation sites is 1. The number of nitrogens with one attached hydrogen (secondary N) is 1. The van der Waals surface area contributed by atoms with Gasteiger partial charge in [-0.3, -0.25) is 4.79 Å². The van der Waals surface area contributed by atoms with Crippen LogP contribution in [0.1, 0.15) is 34.9 Å². The minimum Gasteiger partial charge on any atom is -0.352 e. The lowest BCUT2D eigenvalue weighted by atomic mass is 10.1. The van der Waals surface area contributed by atoms with Crippen LogP contribution < -0.4 is 5.32 Å². The van der Waals surface area contributed by atoms with E-state index in [1.807, 2.05) is 60.1 Å². The lowest BCUT2D eigenvalue weighted by Crippen LogP contribution is -2.25. The molecular formula is C22H23N3O. The summed E-state index contributed by atoms with van der Waals surface area (Å²) in [5.74, 6) is 0.609. The Balaban J connectivity index is 1.43. The highest BCUT2D eigenvalue weighted by atomic mass is 16.2. The summed E-state index contributed by atoms with van der Waals surface area (Å²) in [6.45, 7) is 4.58. The standard InChI is InChI=1S/C22H23N3O/c1-15-21(16(2)25(24-15)18-11-7-4-8-12-18)14-23-22(26)20-13-19(20)17-9-5-3-6-10-17/h3-12,19-20H,13-14H2,1-2H3,(H,23,26). The van der Waals surface area contributed by atoms with Crippen LogP contribution in [0, 0.1) is 19.8 Å². The number of rotatable bonds is 5. The maximum Gasteiger partial charge on any atom is 0.224 e. The molecule has 1 aliphatic carbocycles. The zero-order valence-electron chi connectivity index (χ0n) is 15.1. The Morgan fingerprint density at radius 1 is 1.08 bits per heavy atom. The molecule has 0 saturated heterocycles. The minimum atomic E-state index is 0.0992. The average Bonchev–Trinajstić information content (AvgIpc) is 3.43. The molecular weight excluding hydrogens is 322 g/mol. The van der Waals surface area contributed by atoms with E-state index in [2.05, 4.69) is 29.5 Å². The molecule has 4 rings (SSSR count). The number of nitrogens with zero attached hydrogens (tertiary/aromatic N) is 2. The molecule has 2 atom stereocenters. The van der Waals surface area contributed by atoms with Crippen molar-refractivity contribution in [3.8, 4) is 5.69 Å². The van der Waals surface area contributed by atoms with Crippen molar-refractivity contribution in [1.82, 2.24) is 15.1 Å². The van der Waals surface area contributed by atoms with Crippen molar-refractivity contribution in [3.05, 3.63) is 83.2 Å². The first-order valence-electron chi connectivity index (χ1n) is 9.08. The SMILES string of the molecule is Cc1nn(-c2ccccc2)c(C)c1CNC(=O)C1CC1c1ccccc1. The molecule has 0 radical (unpaired) electrons.